The second-order valence-electron chi connectivity index (χ2n) is 12.1. The molecule has 1 aliphatic carbocycles. The first-order valence-electron chi connectivity index (χ1n) is 14.0. The molecule has 1 aromatic carbocycles. The number of nitrogens with zero attached hydrogens (tertiary/aromatic N) is 4. The topological polar surface area (TPSA) is 157 Å². The molecule has 4 N–H and O–H groups in total. The van der Waals surface area contributed by atoms with E-state index in [1.54, 1.807) is 17.0 Å². The Balaban J connectivity index is 1.35. The molecule has 1 atom stereocenters. The Labute approximate surface area is 242 Å². The number of nitriles is 1. The third-order valence-electron chi connectivity index (χ3n) is 7.63. The van der Waals surface area contributed by atoms with Crippen molar-refractivity contribution in [2.24, 2.45) is 16.6 Å². The number of hydrogen-bond acceptors (Lipinski definition) is 7. The molecule has 3 aliphatic rings. The highest BCUT2D eigenvalue weighted by Crippen LogP contribution is 2.36. The van der Waals surface area contributed by atoms with Crippen molar-refractivity contribution in [1.82, 2.24) is 14.2 Å². The molecule has 218 valence electrons. The number of carbonyl (C=O) groups excluding carboxylic acids is 1. The van der Waals surface area contributed by atoms with Crippen molar-refractivity contribution in [2.45, 2.75) is 75.5 Å². The molecule has 11 nitrogen and oxygen atoms in total. The van der Waals surface area contributed by atoms with Crippen LogP contribution < -0.4 is 16.6 Å². The summed E-state index contributed by atoms with van der Waals surface area (Å²) in [4.78, 5) is 35.2. The van der Waals surface area contributed by atoms with Crippen LogP contribution in [0.3, 0.4) is 0 Å². The average Bonchev–Trinajstić information content (AvgIpc) is 3.66. The maximum absolute atomic E-state index is 13.0. The number of anilines is 1. The monoisotopic (exact) mass is 579 g/mol. The second kappa shape index (κ2) is 11.3. The summed E-state index contributed by atoms with van der Waals surface area (Å²) in [6.45, 7) is 7.70. The smallest absolute Gasteiger partial charge is 0.410 e. The zero-order valence-electron chi connectivity index (χ0n) is 23.7. The van der Waals surface area contributed by atoms with E-state index in [9.17, 15) is 19.1 Å². The van der Waals surface area contributed by atoms with Crippen molar-refractivity contribution in [3.05, 3.63) is 51.9 Å². The SMILES string of the molecule is CC(C)(C)OC(=O)N1CCC(CC#N)(Nc2cc[nH]c(=O)c2C(N)=Nc2ccc3c(c2)CN(CC2CC2)S3=O)CC1. The lowest BCUT2D eigenvalue weighted by atomic mass is 9.84. The standard InChI is InChI=1S/C29H37N7O4S/c1-28(2,3)40-27(38)35-14-10-29(9-12-30,11-15-35)34-22-8-13-32-26(37)24(22)25(31)33-21-6-7-23-20(16-21)18-36(41(23)39)17-19-4-5-19/h6-8,13,16,19H,4-5,9-11,14-15,17-18H2,1-3H3,(H2,31,33)(H2,32,34,37). The minimum absolute atomic E-state index is 0.0292. The highest BCUT2D eigenvalue weighted by Gasteiger charge is 2.38. The number of carbonyl (C=O) groups is 1. The molecule has 5 rings (SSSR count). The van der Waals surface area contributed by atoms with Crippen LogP contribution in [0.15, 0.2) is 45.1 Å². The third kappa shape index (κ3) is 6.63. The zero-order valence-corrected chi connectivity index (χ0v) is 24.6. The number of ether oxygens (including phenoxy) is 1. The van der Waals surface area contributed by atoms with E-state index in [1.165, 1.54) is 19.0 Å². The number of H-pyrrole nitrogens is 1. The number of nitrogens with one attached hydrogen (secondary N) is 2. The van der Waals surface area contributed by atoms with Crippen LogP contribution in [0.5, 0.6) is 0 Å². The Hall–Kier alpha value is -3.69. The summed E-state index contributed by atoms with van der Waals surface area (Å²) in [6, 6.07) is 9.42. The average molecular weight is 580 g/mol. The number of rotatable bonds is 7. The zero-order chi connectivity index (χ0) is 29.4. The largest absolute Gasteiger partial charge is 0.444 e. The number of aliphatic imine (C=N–C) groups is 1. The van der Waals surface area contributed by atoms with Crippen molar-refractivity contribution < 1.29 is 13.7 Å². The van der Waals surface area contributed by atoms with Crippen molar-refractivity contribution in [1.29, 1.82) is 5.26 Å². The Morgan fingerprint density at radius 3 is 2.68 bits per heavy atom. The number of benzene rings is 1. The Kier molecular flexibility index (Phi) is 7.94. The van der Waals surface area contributed by atoms with Gasteiger partial charge < -0.3 is 25.7 Å². The maximum Gasteiger partial charge on any atom is 0.410 e. The Morgan fingerprint density at radius 2 is 2.02 bits per heavy atom. The van der Waals surface area contributed by atoms with Crippen LogP contribution in [0.25, 0.3) is 0 Å². The van der Waals surface area contributed by atoms with Crippen LogP contribution >= 0.6 is 0 Å². The highest BCUT2D eigenvalue weighted by atomic mass is 32.2. The molecular weight excluding hydrogens is 542 g/mol. The molecular formula is C29H37N7O4S. The highest BCUT2D eigenvalue weighted by molar-refractivity contribution is 7.83. The lowest BCUT2D eigenvalue weighted by Crippen LogP contribution is -2.52. The molecule has 1 saturated carbocycles. The molecule has 1 saturated heterocycles. The lowest BCUT2D eigenvalue weighted by molar-refractivity contribution is 0.0179. The van der Waals surface area contributed by atoms with Gasteiger partial charge in [-0.1, -0.05) is 0 Å². The van der Waals surface area contributed by atoms with E-state index in [4.69, 9.17) is 10.5 Å². The van der Waals surface area contributed by atoms with Gasteiger partial charge in [0.05, 0.1) is 34.3 Å². The van der Waals surface area contributed by atoms with Gasteiger partial charge in [0, 0.05) is 32.4 Å². The molecule has 0 spiro atoms. The summed E-state index contributed by atoms with van der Waals surface area (Å²) in [5.74, 6) is 0.660. The van der Waals surface area contributed by atoms with E-state index in [-0.39, 0.29) is 23.9 Å². The van der Waals surface area contributed by atoms with E-state index in [0.29, 0.717) is 49.8 Å². The molecule has 41 heavy (non-hydrogen) atoms. The van der Waals surface area contributed by atoms with E-state index in [1.807, 2.05) is 37.2 Å². The number of hydrogen-bond donors (Lipinski definition) is 3. The van der Waals surface area contributed by atoms with Gasteiger partial charge in [0.25, 0.3) is 5.56 Å². The first kappa shape index (κ1) is 28.8. The van der Waals surface area contributed by atoms with Crippen LogP contribution in [0, 0.1) is 17.2 Å². The summed E-state index contributed by atoms with van der Waals surface area (Å²) in [7, 11) is -1.17. The fraction of sp³-hybridized carbons (Fsp3) is 0.517. The molecule has 2 fully saturated rings. The summed E-state index contributed by atoms with van der Waals surface area (Å²) >= 11 is 0. The number of aromatic amines is 1. The van der Waals surface area contributed by atoms with Crippen LogP contribution in [0.1, 0.15) is 64.0 Å². The number of likely N-dealkylation sites (tertiary alicyclic amines) is 1. The molecule has 3 heterocycles. The molecule has 2 aliphatic heterocycles. The van der Waals surface area contributed by atoms with Gasteiger partial charge >= 0.3 is 6.09 Å². The van der Waals surface area contributed by atoms with Gasteiger partial charge in [0.1, 0.15) is 28.0 Å². The van der Waals surface area contributed by atoms with E-state index in [2.05, 4.69) is 21.4 Å². The number of amidine groups is 1. The van der Waals surface area contributed by atoms with Gasteiger partial charge in [0.15, 0.2) is 0 Å². The number of pyridine rings is 1. The molecule has 12 heteroatoms. The van der Waals surface area contributed by atoms with Crippen molar-refractivity contribution >= 4 is 34.3 Å². The molecule has 1 aromatic heterocycles. The first-order chi connectivity index (χ1) is 19.5. The minimum atomic E-state index is -1.17. The maximum atomic E-state index is 13.0. The summed E-state index contributed by atoms with van der Waals surface area (Å²) in [5.41, 5.74) is 6.92. The lowest BCUT2D eigenvalue weighted by Gasteiger charge is -2.42. The fourth-order valence-electron chi connectivity index (χ4n) is 5.30. The first-order valence-corrected chi connectivity index (χ1v) is 15.1. The van der Waals surface area contributed by atoms with Crippen LogP contribution in [0.4, 0.5) is 16.2 Å². The van der Waals surface area contributed by atoms with Gasteiger partial charge in [-0.3, -0.25) is 4.79 Å². The normalized spacial score (nSPS) is 20.8. The molecule has 2 aromatic rings. The predicted octanol–water partition coefficient (Wildman–Crippen LogP) is 3.76. The minimum Gasteiger partial charge on any atom is -0.444 e. The van der Waals surface area contributed by atoms with Gasteiger partial charge in [-0.15, -0.1) is 0 Å². The van der Waals surface area contributed by atoms with E-state index >= 15 is 0 Å². The van der Waals surface area contributed by atoms with Crippen molar-refractivity contribution in [3.8, 4) is 6.07 Å². The van der Waals surface area contributed by atoms with Gasteiger partial charge in [-0.2, -0.15) is 5.26 Å². The molecule has 0 radical (unpaired) electrons. The number of aromatic nitrogens is 1. The Morgan fingerprint density at radius 1 is 1.29 bits per heavy atom. The van der Waals surface area contributed by atoms with Crippen LogP contribution in [-0.4, -0.2) is 61.1 Å². The van der Waals surface area contributed by atoms with Gasteiger partial charge in [-0.25, -0.2) is 18.3 Å². The molecule has 0 bridgehead atoms. The van der Waals surface area contributed by atoms with E-state index in [0.717, 1.165) is 17.0 Å². The number of amides is 1. The van der Waals surface area contributed by atoms with E-state index < -0.39 is 27.7 Å². The number of piperidine rings is 1. The molecule has 1 unspecified atom stereocenters. The number of fused-ring (bicyclic) bond motifs is 1. The van der Waals surface area contributed by atoms with Gasteiger partial charge in [0.2, 0.25) is 0 Å². The van der Waals surface area contributed by atoms with Gasteiger partial charge in [-0.05, 0) is 82.2 Å². The van der Waals surface area contributed by atoms with Crippen molar-refractivity contribution in [2.75, 3.05) is 25.0 Å². The van der Waals surface area contributed by atoms with Crippen LogP contribution in [0.2, 0.25) is 0 Å². The van der Waals surface area contributed by atoms with Crippen molar-refractivity contribution in [3.63, 3.8) is 0 Å². The summed E-state index contributed by atoms with van der Waals surface area (Å²) in [6.07, 6.45) is 4.68. The fourth-order valence-corrected chi connectivity index (χ4v) is 6.71. The summed E-state index contributed by atoms with van der Waals surface area (Å²) < 4.78 is 20.4. The Bertz CT molecular complexity index is 1480. The van der Waals surface area contributed by atoms with Crippen LogP contribution in [-0.2, 0) is 22.3 Å². The predicted molar refractivity (Wildman–Crippen MR) is 157 cm³/mol. The summed E-state index contributed by atoms with van der Waals surface area (Å²) in [5, 5.41) is 13.1. The quantitative estimate of drug-likeness (QED) is 0.333. The third-order valence-corrected chi connectivity index (χ3v) is 9.15. The number of nitrogens with two attached hydrogens (primary N) is 1. The second-order valence-corrected chi connectivity index (χ2v) is 13.6. The molecule has 1 amide bonds.